The number of rotatable bonds is 1. The third-order valence-corrected chi connectivity index (χ3v) is 3.92. The van der Waals surface area contributed by atoms with Crippen LogP contribution in [0.2, 0.25) is 0 Å². The molecule has 2 aliphatic rings. The van der Waals surface area contributed by atoms with Crippen LogP contribution in [0, 0.1) is 11.8 Å². The van der Waals surface area contributed by atoms with Gasteiger partial charge in [0.25, 0.3) is 0 Å². The second-order valence-electron chi connectivity index (χ2n) is 6.15. The average Bonchev–Trinajstić information content (AvgIpc) is 2.90. The van der Waals surface area contributed by atoms with Gasteiger partial charge in [0.05, 0.1) is 9.43 Å². The third kappa shape index (κ3) is 3.73. The Morgan fingerprint density at radius 3 is 2.50 bits per heavy atom. The minimum atomic E-state index is -0.433. The van der Waals surface area contributed by atoms with Crippen molar-refractivity contribution in [3.8, 4) is 0 Å². The maximum absolute atomic E-state index is 12.2. The first-order chi connectivity index (χ1) is 8.26. The number of halogens is 2. The number of piperidine rings is 1. The minimum Gasteiger partial charge on any atom is -0.444 e. The summed E-state index contributed by atoms with van der Waals surface area (Å²) in [5.41, 5.74) is -0.433. The molecule has 1 unspecified atom stereocenters. The lowest BCUT2D eigenvalue weighted by Crippen LogP contribution is -2.46. The molecule has 5 heteroatoms. The van der Waals surface area contributed by atoms with E-state index in [9.17, 15) is 4.79 Å². The molecule has 18 heavy (non-hydrogen) atoms. The van der Waals surface area contributed by atoms with Gasteiger partial charge in [-0.05, 0) is 83.4 Å². The maximum atomic E-state index is 12.2. The summed E-state index contributed by atoms with van der Waals surface area (Å²) in [6.45, 7) is 6.54. The van der Waals surface area contributed by atoms with E-state index >= 15 is 0 Å². The fraction of sp³-hybridized carbons (Fsp3) is 0.769. The minimum absolute atomic E-state index is 0.136. The molecular weight excluding hydrogens is 362 g/mol. The molecule has 0 spiro atoms. The molecule has 2 rings (SSSR count). The van der Waals surface area contributed by atoms with Gasteiger partial charge < -0.3 is 9.64 Å². The Balaban J connectivity index is 2.07. The van der Waals surface area contributed by atoms with Crippen LogP contribution >= 0.6 is 31.9 Å². The summed E-state index contributed by atoms with van der Waals surface area (Å²) in [6, 6.07) is 0.136. The molecule has 1 saturated carbocycles. The van der Waals surface area contributed by atoms with Crippen molar-refractivity contribution in [2.45, 2.75) is 45.3 Å². The Kier molecular flexibility index (Phi) is 4.12. The highest BCUT2D eigenvalue weighted by atomic mass is 79.9. The summed E-state index contributed by atoms with van der Waals surface area (Å²) >= 11 is 6.76. The number of amides is 1. The Bertz CT molecular complexity index is 372. The van der Waals surface area contributed by atoms with E-state index in [2.05, 4.69) is 31.9 Å². The largest absolute Gasteiger partial charge is 0.444 e. The Morgan fingerprint density at radius 2 is 1.94 bits per heavy atom. The van der Waals surface area contributed by atoms with E-state index in [4.69, 9.17) is 4.74 Å². The summed E-state index contributed by atoms with van der Waals surface area (Å²) in [5, 5.41) is 0. The molecule has 0 aromatic carbocycles. The van der Waals surface area contributed by atoms with Crippen molar-refractivity contribution >= 4 is 38.0 Å². The molecule has 1 aliphatic carbocycles. The van der Waals surface area contributed by atoms with Crippen molar-refractivity contribution in [1.29, 1.82) is 0 Å². The van der Waals surface area contributed by atoms with Crippen LogP contribution in [0.5, 0.6) is 0 Å². The number of carbonyl (C=O) groups is 1. The van der Waals surface area contributed by atoms with Crippen molar-refractivity contribution in [3.63, 3.8) is 0 Å². The topological polar surface area (TPSA) is 29.5 Å². The first-order valence-corrected chi connectivity index (χ1v) is 7.87. The maximum Gasteiger partial charge on any atom is 0.410 e. The summed E-state index contributed by atoms with van der Waals surface area (Å²) < 4.78 is 6.38. The number of ether oxygens (including phenoxy) is 1. The summed E-state index contributed by atoms with van der Waals surface area (Å²) in [4.78, 5) is 14.1. The molecule has 1 heterocycles. The van der Waals surface area contributed by atoms with Gasteiger partial charge in [0, 0.05) is 6.54 Å². The van der Waals surface area contributed by atoms with Crippen molar-refractivity contribution in [2.24, 2.45) is 11.8 Å². The van der Waals surface area contributed by atoms with E-state index in [1.54, 1.807) is 0 Å². The van der Waals surface area contributed by atoms with E-state index < -0.39 is 5.60 Å². The molecule has 3 nitrogen and oxygen atoms in total. The van der Waals surface area contributed by atoms with E-state index in [0.29, 0.717) is 5.92 Å². The number of hydrogen-bond donors (Lipinski definition) is 0. The zero-order chi connectivity index (χ0) is 13.5. The molecule has 102 valence electrons. The summed E-state index contributed by atoms with van der Waals surface area (Å²) in [7, 11) is 0. The Labute approximate surface area is 125 Å². The van der Waals surface area contributed by atoms with Crippen LogP contribution in [0.25, 0.3) is 0 Å². The van der Waals surface area contributed by atoms with Crippen LogP contribution in [0.1, 0.15) is 33.6 Å². The fourth-order valence-corrected chi connectivity index (χ4v) is 3.09. The van der Waals surface area contributed by atoms with Crippen LogP contribution in [0.3, 0.4) is 0 Å². The fourth-order valence-electron chi connectivity index (χ4n) is 2.48. The van der Waals surface area contributed by atoms with Crippen molar-refractivity contribution in [3.05, 3.63) is 9.47 Å². The molecule has 0 aromatic heterocycles. The third-order valence-electron chi connectivity index (χ3n) is 3.39. The quantitative estimate of drug-likeness (QED) is 0.680. The molecule has 0 N–H and O–H groups in total. The van der Waals surface area contributed by atoms with Crippen LogP contribution < -0.4 is 0 Å². The highest BCUT2D eigenvalue weighted by Gasteiger charge is 2.47. The lowest BCUT2D eigenvalue weighted by atomic mass is 10.0. The molecule has 1 saturated heterocycles. The smallest absolute Gasteiger partial charge is 0.410 e. The van der Waals surface area contributed by atoms with Gasteiger partial charge in [-0.15, -0.1) is 0 Å². The van der Waals surface area contributed by atoms with Gasteiger partial charge in [-0.2, -0.15) is 0 Å². The zero-order valence-corrected chi connectivity index (χ0v) is 14.1. The van der Waals surface area contributed by atoms with Gasteiger partial charge in [-0.1, -0.05) is 0 Å². The molecular formula is C13H19Br2NO2. The van der Waals surface area contributed by atoms with Gasteiger partial charge in [-0.25, -0.2) is 4.79 Å². The molecule has 0 radical (unpaired) electrons. The average molecular weight is 381 g/mol. The Hall–Kier alpha value is -0.0300. The van der Waals surface area contributed by atoms with E-state index in [0.717, 1.165) is 22.3 Å². The van der Waals surface area contributed by atoms with E-state index in [1.165, 1.54) is 6.42 Å². The molecule has 3 atom stereocenters. The molecule has 0 aromatic rings. The molecule has 2 fully saturated rings. The first kappa shape index (κ1) is 14.4. The lowest BCUT2D eigenvalue weighted by molar-refractivity contribution is 0.0139. The lowest BCUT2D eigenvalue weighted by Gasteiger charge is -2.35. The highest BCUT2D eigenvalue weighted by molar-refractivity contribution is 9.28. The van der Waals surface area contributed by atoms with E-state index in [-0.39, 0.29) is 12.1 Å². The number of fused-ring (bicyclic) bond motifs is 1. The number of likely N-dealkylation sites (tertiary alicyclic amines) is 1. The molecule has 0 bridgehead atoms. The Morgan fingerprint density at radius 1 is 1.28 bits per heavy atom. The second kappa shape index (κ2) is 5.16. The van der Waals surface area contributed by atoms with E-state index in [1.807, 2.05) is 31.7 Å². The van der Waals surface area contributed by atoms with Crippen molar-refractivity contribution < 1.29 is 9.53 Å². The number of nitrogens with zero attached hydrogens (tertiary/aromatic N) is 1. The second-order valence-corrected chi connectivity index (χ2v) is 8.92. The van der Waals surface area contributed by atoms with Crippen LogP contribution in [-0.2, 0) is 4.74 Å². The van der Waals surface area contributed by atoms with Gasteiger partial charge in [0.1, 0.15) is 5.60 Å². The van der Waals surface area contributed by atoms with Gasteiger partial charge in [0.2, 0.25) is 0 Å². The predicted octanol–water partition coefficient (Wildman–Crippen LogP) is 4.26. The van der Waals surface area contributed by atoms with Gasteiger partial charge in [0.15, 0.2) is 0 Å². The first-order valence-electron chi connectivity index (χ1n) is 6.28. The normalized spacial score (nSPS) is 30.5. The van der Waals surface area contributed by atoms with Crippen LogP contribution in [-0.4, -0.2) is 29.2 Å². The molecule has 1 amide bonds. The highest BCUT2D eigenvalue weighted by Crippen LogP contribution is 2.47. The standard InChI is InChI=1S/C13H19Br2NO2/c1-13(2,3)18-12(17)16-7-9-4-8(9)5-10(16)6-11(14)15/h6,8-10H,4-5,7H2,1-3H3/t8?,9-,10-/m0/s1. The van der Waals surface area contributed by atoms with Crippen LogP contribution in [0.15, 0.2) is 9.47 Å². The van der Waals surface area contributed by atoms with Crippen molar-refractivity contribution in [2.75, 3.05) is 6.54 Å². The monoisotopic (exact) mass is 379 g/mol. The van der Waals surface area contributed by atoms with Crippen LogP contribution in [0.4, 0.5) is 4.79 Å². The number of hydrogen-bond acceptors (Lipinski definition) is 2. The molecule has 1 aliphatic heterocycles. The van der Waals surface area contributed by atoms with Crippen molar-refractivity contribution in [1.82, 2.24) is 4.90 Å². The summed E-state index contributed by atoms with van der Waals surface area (Å²) in [6.07, 6.45) is 4.14. The van der Waals surface area contributed by atoms with Gasteiger partial charge >= 0.3 is 6.09 Å². The number of carbonyl (C=O) groups excluding carboxylic acids is 1. The zero-order valence-electron chi connectivity index (χ0n) is 11.0. The summed E-state index contributed by atoms with van der Waals surface area (Å²) in [5.74, 6) is 1.49. The SMILES string of the molecule is CC(C)(C)OC(=O)N1C[C@@H]2CC2C[C@H]1C=C(Br)Br. The predicted molar refractivity (Wildman–Crippen MR) is 78.9 cm³/mol. The van der Waals surface area contributed by atoms with Gasteiger partial charge in [-0.3, -0.25) is 0 Å².